The van der Waals surface area contributed by atoms with Gasteiger partial charge in [-0.1, -0.05) is 30.3 Å². The second-order valence-electron chi connectivity index (χ2n) is 6.16. The normalized spacial score (nSPS) is 12.9. The third-order valence-corrected chi connectivity index (χ3v) is 6.44. The lowest BCUT2D eigenvalue weighted by atomic mass is 10.1. The average molecular weight is 403 g/mol. The van der Waals surface area contributed by atoms with Crippen molar-refractivity contribution in [3.05, 3.63) is 70.4 Å². The van der Waals surface area contributed by atoms with Crippen LogP contribution in [-0.4, -0.2) is 46.8 Å². The van der Waals surface area contributed by atoms with Gasteiger partial charge < -0.3 is 10.1 Å². The Bertz CT molecular complexity index is 1150. The Morgan fingerprint density at radius 1 is 1.21 bits per heavy atom. The van der Waals surface area contributed by atoms with E-state index in [0.717, 1.165) is 30.1 Å². The van der Waals surface area contributed by atoms with Crippen molar-refractivity contribution >= 4 is 32.6 Å². The van der Waals surface area contributed by atoms with Crippen LogP contribution in [-0.2, 0) is 21.2 Å². The van der Waals surface area contributed by atoms with E-state index in [4.69, 9.17) is 0 Å². The van der Waals surface area contributed by atoms with Crippen molar-refractivity contribution in [3.63, 3.8) is 0 Å². The maximum absolute atomic E-state index is 12.9. The number of H-pyrrole nitrogens is 1. The molecule has 3 rings (SSSR count). The monoisotopic (exact) mass is 403 g/mol. The number of nitrogens with zero attached hydrogens (tertiary/aromatic N) is 2. The first kappa shape index (κ1) is 19.5. The molecule has 0 aliphatic heterocycles. The van der Waals surface area contributed by atoms with Crippen molar-refractivity contribution in [1.29, 1.82) is 0 Å². The number of carboxylic acids is 1. The summed E-state index contributed by atoms with van der Waals surface area (Å²) in [7, 11) is -3.30. The maximum atomic E-state index is 12.9. The number of rotatable bonds is 7. The second-order valence-corrected chi connectivity index (χ2v) is 8.13. The van der Waals surface area contributed by atoms with Crippen LogP contribution in [0.1, 0.15) is 5.56 Å². The topological polar surface area (TPSA) is 134 Å². The summed E-state index contributed by atoms with van der Waals surface area (Å²) in [4.78, 5) is 24.7. The first-order chi connectivity index (χ1) is 13.2. The summed E-state index contributed by atoms with van der Waals surface area (Å²) >= 11 is 0. The Kier molecular flexibility index (Phi) is 5.16. The van der Waals surface area contributed by atoms with Crippen LogP contribution < -0.4 is 0 Å². The summed E-state index contributed by atoms with van der Waals surface area (Å²) in [5, 5.41) is 21.6. The van der Waals surface area contributed by atoms with Crippen LogP contribution in [0, 0.1) is 10.1 Å². The van der Waals surface area contributed by atoms with Crippen LogP contribution in [0.3, 0.4) is 0 Å². The molecule has 1 heterocycles. The number of hydrogen-bond acceptors (Lipinski definition) is 5. The molecule has 10 heteroatoms. The number of nitrogens with one attached hydrogen (secondary N) is 1. The second kappa shape index (κ2) is 7.41. The minimum atomic E-state index is -4.41. The molecule has 0 aliphatic rings. The van der Waals surface area contributed by atoms with Gasteiger partial charge in [0.25, 0.3) is 5.69 Å². The number of sulfonamides is 1. The summed E-state index contributed by atoms with van der Waals surface area (Å²) in [6.45, 7) is 0. The molecule has 2 N–H and O–H groups in total. The van der Waals surface area contributed by atoms with E-state index in [1.54, 1.807) is 18.3 Å². The molecule has 0 spiro atoms. The highest BCUT2D eigenvalue weighted by Gasteiger charge is 2.37. The average Bonchev–Trinajstić information content (AvgIpc) is 3.08. The fourth-order valence-corrected chi connectivity index (χ4v) is 4.50. The van der Waals surface area contributed by atoms with Gasteiger partial charge in [-0.3, -0.25) is 14.9 Å². The standard InChI is InChI=1S/C18H17N3O6S/c1-20(28(26,27)17-9-5-4-8-15(17)21(24)25)16(18(22)23)10-12-11-19-14-7-3-2-6-13(12)14/h2-9,11,16,19H,10H2,1H3,(H,22,23)/t16-/m0/s1. The molecular formula is C18H17N3O6S. The van der Waals surface area contributed by atoms with Crippen LogP contribution in [0.2, 0.25) is 0 Å². The van der Waals surface area contributed by atoms with Crippen molar-refractivity contribution in [1.82, 2.24) is 9.29 Å². The van der Waals surface area contributed by atoms with Crippen molar-refractivity contribution < 1.29 is 23.2 Å². The molecule has 1 atom stereocenters. The van der Waals surface area contributed by atoms with E-state index in [0.29, 0.717) is 9.87 Å². The number of fused-ring (bicyclic) bond motifs is 1. The third-order valence-electron chi connectivity index (χ3n) is 4.53. The summed E-state index contributed by atoms with van der Waals surface area (Å²) in [5.74, 6) is -1.35. The lowest BCUT2D eigenvalue weighted by Gasteiger charge is -2.24. The van der Waals surface area contributed by atoms with E-state index >= 15 is 0 Å². The zero-order chi connectivity index (χ0) is 20.5. The molecule has 3 aromatic rings. The van der Waals surface area contributed by atoms with E-state index in [-0.39, 0.29) is 6.42 Å². The largest absolute Gasteiger partial charge is 0.480 e. The molecule has 0 amide bonds. The van der Waals surface area contributed by atoms with Gasteiger partial charge in [0.05, 0.1) is 4.92 Å². The number of aromatic amines is 1. The van der Waals surface area contributed by atoms with Crippen LogP contribution in [0.5, 0.6) is 0 Å². The van der Waals surface area contributed by atoms with Gasteiger partial charge in [-0.2, -0.15) is 4.31 Å². The minimum absolute atomic E-state index is 0.101. The summed E-state index contributed by atoms with van der Waals surface area (Å²) in [6.07, 6.45) is 1.53. The molecule has 0 unspecified atom stereocenters. The number of carbonyl (C=O) groups is 1. The predicted molar refractivity (Wildman–Crippen MR) is 101 cm³/mol. The van der Waals surface area contributed by atoms with E-state index < -0.39 is 37.5 Å². The Hall–Kier alpha value is -3.24. The van der Waals surface area contributed by atoms with Gasteiger partial charge in [-0.05, 0) is 17.7 Å². The van der Waals surface area contributed by atoms with Gasteiger partial charge >= 0.3 is 5.97 Å². The molecule has 0 radical (unpaired) electrons. The van der Waals surface area contributed by atoms with Crippen LogP contribution in [0.4, 0.5) is 5.69 Å². The smallest absolute Gasteiger partial charge is 0.322 e. The number of para-hydroxylation sites is 2. The zero-order valence-electron chi connectivity index (χ0n) is 14.8. The molecule has 146 valence electrons. The van der Waals surface area contributed by atoms with Gasteiger partial charge in [0.15, 0.2) is 4.90 Å². The number of nitro benzene ring substituents is 1. The van der Waals surface area contributed by atoms with Crippen molar-refractivity contribution in [2.45, 2.75) is 17.4 Å². The third kappa shape index (κ3) is 3.47. The molecule has 0 saturated carbocycles. The van der Waals surface area contributed by atoms with Crippen LogP contribution in [0.25, 0.3) is 10.9 Å². The summed E-state index contributed by atoms with van der Waals surface area (Å²) in [6, 6.07) is 10.7. The summed E-state index contributed by atoms with van der Waals surface area (Å²) < 4.78 is 26.6. The van der Waals surface area contributed by atoms with Gasteiger partial charge in [0.2, 0.25) is 10.0 Å². The number of carboxylic acid groups (broad SMARTS) is 1. The van der Waals surface area contributed by atoms with Crippen LogP contribution in [0.15, 0.2) is 59.6 Å². The molecule has 0 aliphatic carbocycles. The van der Waals surface area contributed by atoms with Gasteiger partial charge in [0, 0.05) is 36.6 Å². The van der Waals surface area contributed by atoms with Gasteiger partial charge in [-0.25, -0.2) is 8.42 Å². The Morgan fingerprint density at radius 3 is 2.54 bits per heavy atom. The van der Waals surface area contributed by atoms with E-state index in [1.807, 2.05) is 12.1 Å². The Morgan fingerprint density at radius 2 is 1.86 bits per heavy atom. The molecular weight excluding hydrogens is 386 g/mol. The highest BCUT2D eigenvalue weighted by Crippen LogP contribution is 2.28. The molecule has 28 heavy (non-hydrogen) atoms. The molecule has 1 aromatic heterocycles. The number of aliphatic carboxylic acids is 1. The number of nitro groups is 1. The van der Waals surface area contributed by atoms with Crippen molar-refractivity contribution in [2.75, 3.05) is 7.05 Å². The first-order valence-electron chi connectivity index (χ1n) is 8.22. The Labute approximate surface area is 160 Å². The lowest BCUT2D eigenvalue weighted by molar-refractivity contribution is -0.387. The highest BCUT2D eigenvalue weighted by molar-refractivity contribution is 7.89. The van der Waals surface area contributed by atoms with E-state index in [1.165, 1.54) is 12.1 Å². The fraction of sp³-hybridized carbons (Fsp3) is 0.167. The Balaban J connectivity index is 2.01. The van der Waals surface area contributed by atoms with Crippen molar-refractivity contribution in [2.24, 2.45) is 0 Å². The quantitative estimate of drug-likeness (QED) is 0.460. The summed E-state index contributed by atoms with van der Waals surface area (Å²) in [5.41, 5.74) is 0.823. The minimum Gasteiger partial charge on any atom is -0.480 e. The molecule has 0 saturated heterocycles. The molecule has 0 bridgehead atoms. The van der Waals surface area contributed by atoms with Gasteiger partial charge in [0.1, 0.15) is 6.04 Å². The van der Waals surface area contributed by atoms with E-state index in [2.05, 4.69) is 4.98 Å². The van der Waals surface area contributed by atoms with Crippen LogP contribution >= 0.6 is 0 Å². The SMILES string of the molecule is CN([C@@H](Cc1c[nH]c2ccccc12)C(=O)O)S(=O)(=O)c1ccccc1[N+](=O)[O-]. The number of aromatic nitrogens is 1. The zero-order valence-corrected chi connectivity index (χ0v) is 15.6. The number of hydrogen-bond donors (Lipinski definition) is 2. The molecule has 0 fully saturated rings. The number of likely N-dealkylation sites (N-methyl/N-ethyl adjacent to an activating group) is 1. The highest BCUT2D eigenvalue weighted by atomic mass is 32.2. The number of benzene rings is 2. The van der Waals surface area contributed by atoms with Gasteiger partial charge in [-0.15, -0.1) is 0 Å². The lowest BCUT2D eigenvalue weighted by Crippen LogP contribution is -2.43. The molecule has 9 nitrogen and oxygen atoms in total. The fourth-order valence-electron chi connectivity index (χ4n) is 3.03. The predicted octanol–water partition coefficient (Wildman–Crippen LogP) is 2.39. The van der Waals surface area contributed by atoms with Crippen molar-refractivity contribution in [3.8, 4) is 0 Å². The van der Waals surface area contributed by atoms with E-state index in [9.17, 15) is 28.4 Å². The molecule has 2 aromatic carbocycles. The first-order valence-corrected chi connectivity index (χ1v) is 9.66. The maximum Gasteiger partial charge on any atom is 0.322 e.